The zero-order valence-corrected chi connectivity index (χ0v) is 13.2. The van der Waals surface area contributed by atoms with E-state index in [0.29, 0.717) is 5.56 Å². The molecule has 0 aliphatic carbocycles. The van der Waals surface area contributed by atoms with Crippen molar-refractivity contribution in [2.45, 2.75) is 6.92 Å². The second-order valence-electron chi connectivity index (χ2n) is 4.14. The van der Waals surface area contributed by atoms with Crippen molar-refractivity contribution in [3.8, 4) is 11.5 Å². The number of oxazole rings is 1. The molecule has 0 saturated carbocycles. The molecular weight excluding hydrogens is 342 g/mol. The molecule has 110 valence electrons. The minimum absolute atomic E-state index is 0.148. The van der Waals surface area contributed by atoms with Crippen molar-refractivity contribution in [1.82, 2.24) is 4.98 Å². The van der Waals surface area contributed by atoms with Gasteiger partial charge in [-0.05, 0) is 24.6 Å². The minimum atomic E-state index is -0.790. The van der Waals surface area contributed by atoms with Crippen LogP contribution in [-0.2, 0) is 9.47 Å². The van der Waals surface area contributed by atoms with Crippen LogP contribution in [-0.4, -0.2) is 31.1 Å². The molecule has 2 aromatic rings. The molecule has 1 aromatic heterocycles. The van der Waals surface area contributed by atoms with Gasteiger partial charge in [-0.1, -0.05) is 22.0 Å². The van der Waals surface area contributed by atoms with Gasteiger partial charge < -0.3 is 13.9 Å². The predicted molar refractivity (Wildman–Crippen MR) is 77.1 cm³/mol. The first-order chi connectivity index (χ1) is 9.97. The largest absolute Gasteiger partial charge is 0.464 e. The summed E-state index contributed by atoms with van der Waals surface area (Å²) in [4.78, 5) is 27.4. The van der Waals surface area contributed by atoms with Crippen molar-refractivity contribution in [2.75, 3.05) is 14.2 Å². The molecule has 1 heterocycles. The van der Waals surface area contributed by atoms with E-state index in [2.05, 4.69) is 30.4 Å². The summed E-state index contributed by atoms with van der Waals surface area (Å²) < 4.78 is 15.4. The Hall–Kier alpha value is -2.15. The topological polar surface area (TPSA) is 78.6 Å². The number of carbonyl (C=O) groups is 2. The molecule has 0 aliphatic rings. The smallest absolute Gasteiger partial charge is 0.376 e. The second-order valence-corrected chi connectivity index (χ2v) is 5.05. The summed E-state index contributed by atoms with van der Waals surface area (Å²) in [5, 5.41) is 0. The van der Waals surface area contributed by atoms with Crippen LogP contribution in [0.3, 0.4) is 0 Å². The van der Waals surface area contributed by atoms with Crippen LogP contribution in [0.4, 0.5) is 0 Å². The Balaban J connectivity index is 2.61. The fraction of sp³-hybridized carbons (Fsp3) is 0.214. The van der Waals surface area contributed by atoms with Gasteiger partial charge in [-0.15, -0.1) is 0 Å². The van der Waals surface area contributed by atoms with Crippen LogP contribution >= 0.6 is 15.9 Å². The van der Waals surface area contributed by atoms with Gasteiger partial charge in [-0.3, -0.25) is 0 Å². The minimum Gasteiger partial charge on any atom is -0.464 e. The molecule has 0 aliphatic heterocycles. The van der Waals surface area contributed by atoms with E-state index in [9.17, 15) is 9.59 Å². The summed E-state index contributed by atoms with van der Waals surface area (Å²) in [6.07, 6.45) is 0. The van der Waals surface area contributed by atoms with Crippen molar-refractivity contribution in [2.24, 2.45) is 0 Å². The van der Waals surface area contributed by atoms with Gasteiger partial charge >= 0.3 is 11.9 Å². The molecular formula is C14H12BrNO5. The molecule has 2 rings (SSSR count). The lowest BCUT2D eigenvalue weighted by Crippen LogP contribution is -2.10. The summed E-state index contributed by atoms with van der Waals surface area (Å²) in [5.41, 5.74) is 1.33. The Labute approximate surface area is 129 Å². The van der Waals surface area contributed by atoms with Crippen LogP contribution in [0.2, 0.25) is 0 Å². The lowest BCUT2D eigenvalue weighted by Gasteiger charge is -2.01. The van der Waals surface area contributed by atoms with Crippen molar-refractivity contribution < 1.29 is 23.5 Å². The monoisotopic (exact) mass is 353 g/mol. The quantitative estimate of drug-likeness (QED) is 0.789. The van der Waals surface area contributed by atoms with E-state index in [1.165, 1.54) is 14.2 Å². The molecule has 0 amide bonds. The van der Waals surface area contributed by atoms with Crippen LogP contribution in [0.1, 0.15) is 26.6 Å². The van der Waals surface area contributed by atoms with Crippen molar-refractivity contribution in [3.63, 3.8) is 0 Å². The molecule has 0 fully saturated rings. The Kier molecular flexibility index (Phi) is 4.42. The highest BCUT2D eigenvalue weighted by atomic mass is 79.9. The van der Waals surface area contributed by atoms with E-state index in [1.54, 1.807) is 6.07 Å². The van der Waals surface area contributed by atoms with Gasteiger partial charge in [-0.2, -0.15) is 0 Å². The Morgan fingerprint density at radius 1 is 1.19 bits per heavy atom. The Morgan fingerprint density at radius 2 is 1.86 bits per heavy atom. The van der Waals surface area contributed by atoms with Gasteiger partial charge in [0.05, 0.1) is 14.2 Å². The second kappa shape index (κ2) is 6.09. The molecule has 0 spiro atoms. The van der Waals surface area contributed by atoms with Crippen LogP contribution < -0.4 is 0 Å². The number of esters is 2. The zero-order valence-electron chi connectivity index (χ0n) is 11.6. The van der Waals surface area contributed by atoms with E-state index in [4.69, 9.17) is 4.42 Å². The fourth-order valence-corrected chi connectivity index (χ4v) is 2.09. The lowest BCUT2D eigenvalue weighted by molar-refractivity contribution is 0.0527. The number of hydrogen-bond donors (Lipinski definition) is 0. The highest BCUT2D eigenvalue weighted by molar-refractivity contribution is 9.10. The maximum atomic E-state index is 11.7. The average Bonchev–Trinajstić information content (AvgIpc) is 2.93. The van der Waals surface area contributed by atoms with Crippen LogP contribution in [0.15, 0.2) is 27.1 Å². The normalized spacial score (nSPS) is 10.3. The maximum absolute atomic E-state index is 11.7. The first-order valence-corrected chi connectivity index (χ1v) is 6.71. The molecule has 0 saturated heterocycles. The van der Waals surface area contributed by atoms with Gasteiger partial charge in [0, 0.05) is 10.0 Å². The number of nitrogens with zero attached hydrogens (tertiary/aromatic N) is 1. The third-order valence-corrected chi connectivity index (χ3v) is 3.30. The van der Waals surface area contributed by atoms with Gasteiger partial charge in [0.25, 0.3) is 0 Å². The SMILES string of the molecule is COC(=O)c1nc(-c2cc(Br)ccc2C)oc1C(=O)OC. The number of halogens is 1. The standard InChI is InChI=1S/C14H12BrNO5/c1-7-4-5-8(15)6-9(7)12-16-10(13(17)19-2)11(21-12)14(18)20-3/h4-6H,1-3H3. The number of carbonyl (C=O) groups excluding carboxylic acids is 2. The average molecular weight is 354 g/mol. The first kappa shape index (κ1) is 15.2. The van der Waals surface area contributed by atoms with Gasteiger partial charge in [0.2, 0.25) is 17.3 Å². The summed E-state index contributed by atoms with van der Waals surface area (Å²) in [6, 6.07) is 5.51. The molecule has 6 nitrogen and oxygen atoms in total. The van der Waals surface area contributed by atoms with Crippen molar-refractivity contribution in [3.05, 3.63) is 39.7 Å². The fourth-order valence-electron chi connectivity index (χ4n) is 1.73. The Bertz CT molecular complexity index is 674. The number of aryl methyl sites for hydroxylation is 1. The third-order valence-electron chi connectivity index (χ3n) is 2.81. The Morgan fingerprint density at radius 3 is 2.48 bits per heavy atom. The highest BCUT2D eigenvalue weighted by Crippen LogP contribution is 2.28. The molecule has 0 atom stereocenters. The van der Waals surface area contributed by atoms with E-state index in [0.717, 1.165) is 10.0 Å². The molecule has 0 N–H and O–H groups in total. The van der Waals surface area contributed by atoms with Gasteiger partial charge in [-0.25, -0.2) is 14.6 Å². The van der Waals surface area contributed by atoms with E-state index in [-0.39, 0.29) is 17.3 Å². The van der Waals surface area contributed by atoms with Crippen molar-refractivity contribution >= 4 is 27.9 Å². The third kappa shape index (κ3) is 2.97. The molecule has 0 radical (unpaired) electrons. The first-order valence-electron chi connectivity index (χ1n) is 5.92. The molecule has 0 unspecified atom stereocenters. The number of rotatable bonds is 3. The van der Waals surface area contributed by atoms with Crippen molar-refractivity contribution in [1.29, 1.82) is 0 Å². The predicted octanol–water partition coefficient (Wildman–Crippen LogP) is 2.99. The lowest BCUT2D eigenvalue weighted by atomic mass is 10.1. The maximum Gasteiger partial charge on any atom is 0.376 e. The molecule has 0 bridgehead atoms. The summed E-state index contributed by atoms with van der Waals surface area (Å²) in [5.74, 6) is -1.69. The van der Waals surface area contributed by atoms with Gasteiger partial charge in [0.1, 0.15) is 0 Å². The molecule has 7 heteroatoms. The molecule has 21 heavy (non-hydrogen) atoms. The van der Waals surface area contributed by atoms with Crippen LogP contribution in [0.5, 0.6) is 0 Å². The van der Waals surface area contributed by atoms with E-state index < -0.39 is 11.9 Å². The van der Waals surface area contributed by atoms with Gasteiger partial charge in [0.15, 0.2) is 0 Å². The molecule has 1 aromatic carbocycles. The number of methoxy groups -OCH3 is 2. The van der Waals surface area contributed by atoms with E-state index in [1.807, 2.05) is 19.1 Å². The summed E-state index contributed by atoms with van der Waals surface area (Å²) in [6.45, 7) is 1.86. The van der Waals surface area contributed by atoms with Crippen LogP contribution in [0.25, 0.3) is 11.5 Å². The zero-order chi connectivity index (χ0) is 15.6. The highest BCUT2D eigenvalue weighted by Gasteiger charge is 2.27. The van der Waals surface area contributed by atoms with E-state index >= 15 is 0 Å². The summed E-state index contributed by atoms with van der Waals surface area (Å²) in [7, 11) is 2.39. The summed E-state index contributed by atoms with van der Waals surface area (Å²) >= 11 is 3.35. The van der Waals surface area contributed by atoms with Crippen LogP contribution in [0, 0.1) is 6.92 Å². The number of benzene rings is 1. The number of aromatic nitrogens is 1. The number of ether oxygens (including phenoxy) is 2. The number of hydrogen-bond acceptors (Lipinski definition) is 6.